The van der Waals surface area contributed by atoms with Crippen molar-refractivity contribution in [3.8, 4) is 0 Å². The van der Waals surface area contributed by atoms with Crippen LogP contribution >= 0.6 is 0 Å². The maximum atomic E-state index is 12.5. The van der Waals surface area contributed by atoms with E-state index in [4.69, 9.17) is 4.74 Å². The Morgan fingerprint density at radius 3 is 2.46 bits per heavy atom. The monoisotopic (exact) mass is 377 g/mol. The van der Waals surface area contributed by atoms with E-state index < -0.39 is 21.7 Å². The Morgan fingerprint density at radius 2 is 1.85 bits per heavy atom. The fourth-order valence-electron chi connectivity index (χ4n) is 2.41. The molecule has 1 saturated carbocycles. The van der Waals surface area contributed by atoms with E-state index in [1.165, 1.54) is 6.07 Å². The minimum Gasteiger partial charge on any atom is -0.444 e. The lowest BCUT2D eigenvalue weighted by Gasteiger charge is -2.19. The number of amides is 1. The van der Waals surface area contributed by atoms with Gasteiger partial charge in [-0.05, 0) is 64.8 Å². The van der Waals surface area contributed by atoms with Crippen LogP contribution in [0.5, 0.6) is 0 Å². The van der Waals surface area contributed by atoms with E-state index in [-0.39, 0.29) is 10.4 Å². The second-order valence-corrected chi connectivity index (χ2v) is 9.53. The largest absolute Gasteiger partial charge is 0.444 e. The van der Waals surface area contributed by atoms with E-state index in [1.54, 1.807) is 45.0 Å². The Labute approximate surface area is 153 Å². The van der Waals surface area contributed by atoms with Crippen LogP contribution in [-0.4, -0.2) is 30.6 Å². The van der Waals surface area contributed by atoms with E-state index in [0.29, 0.717) is 11.3 Å². The Bertz CT molecular complexity index is 960. The number of carbonyl (C=O) groups excluding carboxylic acids is 1. The highest BCUT2D eigenvalue weighted by Gasteiger charge is 2.41. The van der Waals surface area contributed by atoms with Crippen molar-refractivity contribution in [2.24, 2.45) is 0 Å². The van der Waals surface area contributed by atoms with Gasteiger partial charge in [-0.25, -0.2) is 22.9 Å². The first-order chi connectivity index (χ1) is 12.0. The number of nitrogens with zero attached hydrogens (tertiary/aromatic N) is 1. The smallest absolute Gasteiger partial charge is 0.413 e. The predicted molar refractivity (Wildman–Crippen MR) is 99.6 cm³/mol. The van der Waals surface area contributed by atoms with Gasteiger partial charge in [-0.15, -0.1) is 0 Å². The van der Waals surface area contributed by atoms with Gasteiger partial charge in [0, 0.05) is 10.9 Å². The summed E-state index contributed by atoms with van der Waals surface area (Å²) in [4.78, 5) is 16.4. The molecule has 1 aliphatic carbocycles. The van der Waals surface area contributed by atoms with Gasteiger partial charge in [-0.2, -0.15) is 0 Å². The van der Waals surface area contributed by atoms with Crippen molar-refractivity contribution >= 4 is 32.8 Å². The number of rotatable bonds is 4. The van der Waals surface area contributed by atoms with Crippen LogP contribution in [0.25, 0.3) is 10.9 Å². The SMILES string of the molecule is CC1(NS(=O)(=O)c2ccc3ccc(NC(=O)OC(C)(C)C)nc3c2)CC1. The predicted octanol–water partition coefficient (Wildman–Crippen LogP) is 3.41. The van der Waals surface area contributed by atoms with E-state index in [1.807, 2.05) is 6.92 Å². The number of pyridine rings is 1. The molecule has 8 heteroatoms. The molecule has 0 spiro atoms. The molecule has 140 valence electrons. The average molecular weight is 377 g/mol. The zero-order valence-electron chi connectivity index (χ0n) is 15.3. The highest BCUT2D eigenvalue weighted by Crippen LogP contribution is 2.36. The molecule has 2 aromatic rings. The molecule has 0 radical (unpaired) electrons. The summed E-state index contributed by atoms with van der Waals surface area (Å²) >= 11 is 0. The van der Waals surface area contributed by atoms with Gasteiger partial charge in [0.15, 0.2) is 0 Å². The highest BCUT2D eigenvalue weighted by atomic mass is 32.2. The van der Waals surface area contributed by atoms with E-state index in [0.717, 1.165) is 18.2 Å². The zero-order chi connectivity index (χ0) is 19.2. The van der Waals surface area contributed by atoms with Crippen LogP contribution in [0, 0.1) is 0 Å². The highest BCUT2D eigenvalue weighted by molar-refractivity contribution is 7.89. The lowest BCUT2D eigenvalue weighted by molar-refractivity contribution is 0.0635. The second-order valence-electron chi connectivity index (χ2n) is 7.84. The third-order valence-corrected chi connectivity index (χ3v) is 5.62. The Hall–Kier alpha value is -2.19. The molecule has 1 heterocycles. The lowest BCUT2D eigenvalue weighted by atomic mass is 10.2. The molecule has 1 aromatic carbocycles. The first-order valence-corrected chi connectivity index (χ1v) is 9.89. The molecule has 2 N–H and O–H groups in total. The van der Waals surface area contributed by atoms with Crippen LogP contribution in [0.15, 0.2) is 35.2 Å². The standard InChI is InChI=1S/C18H23N3O4S/c1-17(2,3)25-16(22)20-15-8-6-12-5-7-13(11-14(12)19-15)26(23,24)21-18(4)9-10-18/h5-8,11,21H,9-10H2,1-4H3,(H,19,20,22). The average Bonchev–Trinajstić information content (AvgIpc) is 3.20. The van der Waals surface area contributed by atoms with Crippen LogP contribution < -0.4 is 10.0 Å². The maximum Gasteiger partial charge on any atom is 0.413 e. The number of fused-ring (bicyclic) bond motifs is 1. The Kier molecular flexibility index (Phi) is 4.44. The van der Waals surface area contributed by atoms with Gasteiger partial charge >= 0.3 is 6.09 Å². The molecule has 3 rings (SSSR count). The fourth-order valence-corrected chi connectivity index (χ4v) is 3.90. The summed E-state index contributed by atoms with van der Waals surface area (Å²) in [5.74, 6) is 0.295. The number of carbonyl (C=O) groups is 1. The van der Waals surface area contributed by atoms with Gasteiger partial charge < -0.3 is 4.74 Å². The van der Waals surface area contributed by atoms with Crippen LogP contribution in [-0.2, 0) is 14.8 Å². The Morgan fingerprint density at radius 1 is 1.19 bits per heavy atom. The zero-order valence-corrected chi connectivity index (χ0v) is 16.1. The molecule has 1 aliphatic rings. The minimum absolute atomic E-state index is 0.153. The summed E-state index contributed by atoms with van der Waals surface area (Å²) in [7, 11) is -3.61. The molecule has 0 unspecified atom stereocenters. The maximum absolute atomic E-state index is 12.5. The lowest BCUT2D eigenvalue weighted by Crippen LogP contribution is -2.34. The molecule has 0 bridgehead atoms. The van der Waals surface area contributed by atoms with Gasteiger partial charge in [0.05, 0.1) is 10.4 Å². The van der Waals surface area contributed by atoms with Gasteiger partial charge in [0.1, 0.15) is 11.4 Å². The first-order valence-electron chi connectivity index (χ1n) is 8.41. The summed E-state index contributed by atoms with van der Waals surface area (Å²) < 4.78 is 33.0. The number of ether oxygens (including phenoxy) is 1. The van der Waals surface area contributed by atoms with E-state index in [2.05, 4.69) is 15.0 Å². The summed E-state index contributed by atoms with van der Waals surface area (Å²) in [5.41, 5.74) is -0.490. The van der Waals surface area contributed by atoms with Crippen molar-refractivity contribution in [3.05, 3.63) is 30.3 Å². The van der Waals surface area contributed by atoms with E-state index >= 15 is 0 Å². The number of benzene rings is 1. The minimum atomic E-state index is -3.61. The van der Waals surface area contributed by atoms with Crippen molar-refractivity contribution < 1.29 is 17.9 Å². The molecule has 26 heavy (non-hydrogen) atoms. The van der Waals surface area contributed by atoms with Gasteiger partial charge in [0.25, 0.3) is 0 Å². The molecule has 1 amide bonds. The number of sulfonamides is 1. The number of hydrogen-bond acceptors (Lipinski definition) is 5. The molecule has 7 nitrogen and oxygen atoms in total. The van der Waals surface area contributed by atoms with Crippen molar-refractivity contribution in [1.82, 2.24) is 9.71 Å². The topological polar surface area (TPSA) is 97.4 Å². The molecule has 0 aliphatic heterocycles. The van der Waals surface area contributed by atoms with Gasteiger partial charge in [-0.1, -0.05) is 6.07 Å². The number of anilines is 1. The van der Waals surface area contributed by atoms with Crippen LogP contribution in [0.4, 0.5) is 10.6 Å². The number of hydrogen-bond donors (Lipinski definition) is 2. The molecular weight excluding hydrogens is 354 g/mol. The number of aromatic nitrogens is 1. The first kappa shape index (κ1) is 18.6. The van der Waals surface area contributed by atoms with Crippen molar-refractivity contribution in [1.29, 1.82) is 0 Å². The summed E-state index contributed by atoms with van der Waals surface area (Å²) in [6.07, 6.45) is 1.06. The van der Waals surface area contributed by atoms with Crippen LogP contribution in [0.3, 0.4) is 0 Å². The van der Waals surface area contributed by atoms with E-state index in [9.17, 15) is 13.2 Å². The van der Waals surface area contributed by atoms with Crippen molar-refractivity contribution in [2.75, 3.05) is 5.32 Å². The summed E-state index contributed by atoms with van der Waals surface area (Å²) in [6, 6.07) is 8.16. The second kappa shape index (κ2) is 6.21. The molecular formula is C18H23N3O4S. The third-order valence-electron chi connectivity index (χ3n) is 3.98. The molecule has 1 aromatic heterocycles. The molecule has 0 atom stereocenters. The van der Waals surface area contributed by atoms with Gasteiger partial charge in [0.2, 0.25) is 10.0 Å². The van der Waals surface area contributed by atoms with Crippen LogP contribution in [0.2, 0.25) is 0 Å². The summed E-state index contributed by atoms with van der Waals surface area (Å²) in [5, 5.41) is 3.33. The van der Waals surface area contributed by atoms with Crippen molar-refractivity contribution in [2.45, 2.75) is 56.6 Å². The molecule has 0 saturated heterocycles. The van der Waals surface area contributed by atoms with Gasteiger partial charge in [-0.3, -0.25) is 5.32 Å². The molecule has 1 fully saturated rings. The normalized spacial score (nSPS) is 16.3. The summed E-state index contributed by atoms with van der Waals surface area (Å²) in [6.45, 7) is 7.19. The number of nitrogens with one attached hydrogen (secondary N) is 2. The third kappa shape index (κ3) is 4.50. The Balaban J connectivity index is 1.85. The quantitative estimate of drug-likeness (QED) is 0.851. The van der Waals surface area contributed by atoms with Crippen molar-refractivity contribution in [3.63, 3.8) is 0 Å². The fraction of sp³-hybridized carbons (Fsp3) is 0.444. The van der Waals surface area contributed by atoms with Crippen LogP contribution in [0.1, 0.15) is 40.5 Å².